The topological polar surface area (TPSA) is 99.7 Å². The number of anilines is 1. The fourth-order valence-electron chi connectivity index (χ4n) is 5.38. The van der Waals surface area contributed by atoms with Crippen LogP contribution in [0.1, 0.15) is 36.9 Å². The minimum Gasteiger partial charge on any atom is -0.371 e. The van der Waals surface area contributed by atoms with Crippen molar-refractivity contribution in [3.8, 4) is 6.07 Å². The van der Waals surface area contributed by atoms with Crippen LogP contribution in [0.3, 0.4) is 0 Å². The quantitative estimate of drug-likeness (QED) is 0.574. The number of rotatable bonds is 6. The van der Waals surface area contributed by atoms with Crippen molar-refractivity contribution in [2.75, 3.05) is 31.2 Å². The van der Waals surface area contributed by atoms with Gasteiger partial charge in [0, 0.05) is 36.8 Å². The Kier molecular flexibility index (Phi) is 4.76. The van der Waals surface area contributed by atoms with E-state index in [1.807, 2.05) is 27.6 Å². The third-order valence-electron chi connectivity index (χ3n) is 7.28. The van der Waals surface area contributed by atoms with Gasteiger partial charge in [0.25, 0.3) is 0 Å². The summed E-state index contributed by atoms with van der Waals surface area (Å²) in [7, 11) is 0. The summed E-state index contributed by atoms with van der Waals surface area (Å²) in [5.41, 5.74) is 2.42. The zero-order valence-corrected chi connectivity index (χ0v) is 18.3. The molecule has 168 valence electrons. The van der Waals surface area contributed by atoms with Gasteiger partial charge in [0.1, 0.15) is 24.8 Å². The molecule has 3 aromatic rings. The molecule has 1 saturated carbocycles. The zero-order valence-electron chi connectivity index (χ0n) is 18.3. The highest BCUT2D eigenvalue weighted by Gasteiger charge is 2.47. The SMILES string of the molecule is N#Cc1ccc(N2C3CCC2CN(C(=O)COCC2(c4cccc5ncnn45)CC2)C3)nc1. The van der Waals surface area contributed by atoms with E-state index in [2.05, 4.69) is 32.1 Å². The molecule has 0 spiro atoms. The van der Waals surface area contributed by atoms with Crippen LogP contribution in [0.5, 0.6) is 0 Å². The Bertz CT molecular complexity index is 1210. The molecule has 5 heterocycles. The summed E-state index contributed by atoms with van der Waals surface area (Å²) in [6, 6.07) is 12.4. The van der Waals surface area contributed by atoms with Gasteiger partial charge in [-0.15, -0.1) is 0 Å². The second-order valence-corrected chi connectivity index (χ2v) is 9.32. The van der Waals surface area contributed by atoms with Crippen LogP contribution in [0.4, 0.5) is 5.82 Å². The number of amides is 1. The van der Waals surface area contributed by atoms with Gasteiger partial charge in [0.05, 0.1) is 17.9 Å². The van der Waals surface area contributed by atoms with Crippen LogP contribution in [0, 0.1) is 11.3 Å². The summed E-state index contributed by atoms with van der Waals surface area (Å²) in [6.45, 7) is 1.98. The van der Waals surface area contributed by atoms with Crippen molar-refractivity contribution in [3.63, 3.8) is 0 Å². The Morgan fingerprint density at radius 3 is 2.67 bits per heavy atom. The number of ether oxygens (including phenoxy) is 1. The molecule has 0 N–H and O–H groups in total. The maximum Gasteiger partial charge on any atom is 0.248 e. The Morgan fingerprint density at radius 1 is 1.15 bits per heavy atom. The molecule has 3 aliphatic rings. The molecule has 2 saturated heterocycles. The normalized spacial score (nSPS) is 23.0. The number of nitriles is 1. The molecule has 3 fully saturated rings. The van der Waals surface area contributed by atoms with E-state index in [-0.39, 0.29) is 30.0 Å². The lowest BCUT2D eigenvalue weighted by Gasteiger charge is -2.41. The number of carbonyl (C=O) groups is 1. The van der Waals surface area contributed by atoms with Crippen LogP contribution >= 0.6 is 0 Å². The number of hydrogen-bond acceptors (Lipinski definition) is 7. The van der Waals surface area contributed by atoms with E-state index in [9.17, 15) is 4.79 Å². The standard InChI is InChI=1S/C24H25N7O2/c25-10-17-4-7-21(26-11-17)30-18-5-6-19(30)13-29(12-18)23(32)14-33-15-24(8-9-24)20-2-1-3-22-27-16-28-31(20)22/h1-4,7,11,16,18-19H,5-6,8-9,12-15H2. The van der Waals surface area contributed by atoms with Crippen LogP contribution in [0.15, 0.2) is 42.9 Å². The number of nitrogens with zero attached hydrogens (tertiary/aromatic N) is 7. The Labute approximate surface area is 191 Å². The number of pyridine rings is 2. The lowest BCUT2D eigenvalue weighted by molar-refractivity contribution is -0.137. The smallest absolute Gasteiger partial charge is 0.248 e. The summed E-state index contributed by atoms with van der Waals surface area (Å²) >= 11 is 0. The Morgan fingerprint density at radius 2 is 1.97 bits per heavy atom. The van der Waals surface area contributed by atoms with Crippen molar-refractivity contribution >= 4 is 17.4 Å². The van der Waals surface area contributed by atoms with Gasteiger partial charge in [0.15, 0.2) is 5.65 Å². The molecular weight excluding hydrogens is 418 g/mol. The van der Waals surface area contributed by atoms with Gasteiger partial charge in [-0.05, 0) is 49.9 Å². The lowest BCUT2D eigenvalue weighted by Crippen LogP contribution is -2.56. The van der Waals surface area contributed by atoms with Crippen molar-refractivity contribution in [1.82, 2.24) is 24.5 Å². The van der Waals surface area contributed by atoms with Gasteiger partial charge >= 0.3 is 0 Å². The van der Waals surface area contributed by atoms with Crippen LogP contribution in [-0.4, -0.2) is 68.8 Å². The van der Waals surface area contributed by atoms with Gasteiger partial charge in [0.2, 0.25) is 5.91 Å². The molecule has 2 unspecified atom stereocenters. The summed E-state index contributed by atoms with van der Waals surface area (Å²) in [5.74, 6) is 0.942. The molecule has 1 aliphatic carbocycles. The monoisotopic (exact) mass is 443 g/mol. The van der Waals surface area contributed by atoms with E-state index in [1.54, 1.807) is 18.6 Å². The first kappa shape index (κ1) is 20.1. The van der Waals surface area contributed by atoms with Crippen molar-refractivity contribution in [1.29, 1.82) is 5.26 Å². The van der Waals surface area contributed by atoms with Crippen molar-refractivity contribution < 1.29 is 9.53 Å². The van der Waals surface area contributed by atoms with Crippen molar-refractivity contribution in [2.45, 2.75) is 43.2 Å². The number of carbonyl (C=O) groups excluding carboxylic acids is 1. The molecule has 3 aromatic heterocycles. The maximum absolute atomic E-state index is 13.0. The van der Waals surface area contributed by atoms with E-state index >= 15 is 0 Å². The molecule has 9 nitrogen and oxygen atoms in total. The third-order valence-corrected chi connectivity index (χ3v) is 7.28. The molecule has 9 heteroatoms. The van der Waals surface area contributed by atoms with Gasteiger partial charge in [-0.2, -0.15) is 10.4 Å². The molecular formula is C24H25N7O2. The fourth-order valence-corrected chi connectivity index (χ4v) is 5.38. The van der Waals surface area contributed by atoms with E-state index in [4.69, 9.17) is 10.00 Å². The highest BCUT2D eigenvalue weighted by molar-refractivity contribution is 5.78. The van der Waals surface area contributed by atoms with Gasteiger partial charge in [-0.3, -0.25) is 4.79 Å². The van der Waals surface area contributed by atoms with Crippen molar-refractivity contribution in [3.05, 3.63) is 54.1 Å². The van der Waals surface area contributed by atoms with Crippen LogP contribution in [0.25, 0.3) is 5.65 Å². The zero-order chi connectivity index (χ0) is 22.4. The number of hydrogen-bond donors (Lipinski definition) is 0. The molecule has 1 amide bonds. The number of likely N-dealkylation sites (tertiary alicyclic amines) is 1. The molecule has 6 rings (SSSR count). The third kappa shape index (κ3) is 3.51. The van der Waals surface area contributed by atoms with E-state index in [0.717, 1.165) is 42.8 Å². The molecule has 2 aliphatic heterocycles. The first-order chi connectivity index (χ1) is 16.2. The first-order valence-electron chi connectivity index (χ1n) is 11.5. The predicted molar refractivity (Wildman–Crippen MR) is 120 cm³/mol. The van der Waals surface area contributed by atoms with Gasteiger partial charge in [-0.25, -0.2) is 14.5 Å². The maximum atomic E-state index is 13.0. The molecule has 0 aromatic carbocycles. The fraction of sp³-hybridized carbons (Fsp3) is 0.458. The second-order valence-electron chi connectivity index (χ2n) is 9.32. The molecule has 33 heavy (non-hydrogen) atoms. The minimum absolute atomic E-state index is 0.0501. The predicted octanol–water partition coefficient (Wildman–Crippen LogP) is 1.92. The average Bonchev–Trinajstić information content (AvgIpc) is 3.38. The van der Waals surface area contributed by atoms with Crippen LogP contribution in [-0.2, 0) is 14.9 Å². The summed E-state index contributed by atoms with van der Waals surface area (Å²) in [6.07, 6.45) is 7.33. The Balaban J connectivity index is 1.07. The van der Waals surface area contributed by atoms with Crippen LogP contribution < -0.4 is 4.90 Å². The van der Waals surface area contributed by atoms with Gasteiger partial charge < -0.3 is 14.5 Å². The number of piperazine rings is 1. The summed E-state index contributed by atoms with van der Waals surface area (Å²) in [5, 5.41) is 13.4. The van der Waals surface area contributed by atoms with Crippen molar-refractivity contribution in [2.24, 2.45) is 0 Å². The minimum atomic E-state index is -0.0769. The van der Waals surface area contributed by atoms with Crippen LogP contribution in [0.2, 0.25) is 0 Å². The van der Waals surface area contributed by atoms with E-state index in [0.29, 0.717) is 25.3 Å². The average molecular weight is 444 g/mol. The number of fused-ring (bicyclic) bond motifs is 3. The molecule has 2 bridgehead atoms. The summed E-state index contributed by atoms with van der Waals surface area (Å²) in [4.78, 5) is 26.0. The highest BCUT2D eigenvalue weighted by Crippen LogP contribution is 2.48. The van der Waals surface area contributed by atoms with E-state index < -0.39 is 0 Å². The first-order valence-corrected chi connectivity index (χ1v) is 11.5. The molecule has 0 radical (unpaired) electrons. The second kappa shape index (κ2) is 7.81. The largest absolute Gasteiger partial charge is 0.371 e. The highest BCUT2D eigenvalue weighted by atomic mass is 16.5. The number of aromatic nitrogens is 4. The van der Waals surface area contributed by atoms with E-state index in [1.165, 1.54) is 0 Å². The molecule has 2 atom stereocenters. The van der Waals surface area contributed by atoms with Gasteiger partial charge in [-0.1, -0.05) is 6.07 Å². The summed E-state index contributed by atoms with van der Waals surface area (Å²) < 4.78 is 7.86. The lowest BCUT2D eigenvalue weighted by atomic mass is 10.0. The Hall–Kier alpha value is -3.51.